The summed E-state index contributed by atoms with van der Waals surface area (Å²) in [6, 6.07) is 10.3. The molecule has 1 aromatic rings. The molecule has 1 rings (SSSR count). The number of nitriles is 1. The van der Waals surface area contributed by atoms with Gasteiger partial charge in [-0.2, -0.15) is 5.26 Å². The van der Waals surface area contributed by atoms with Crippen LogP contribution in [0.2, 0.25) is 0 Å². The first kappa shape index (κ1) is 13.7. The Labute approximate surface area is 106 Å². The molecule has 18 heavy (non-hydrogen) atoms. The van der Waals surface area contributed by atoms with Gasteiger partial charge in [0, 0.05) is 6.42 Å². The molecule has 0 spiro atoms. The second-order valence-electron chi connectivity index (χ2n) is 3.88. The van der Waals surface area contributed by atoms with Gasteiger partial charge in [0.15, 0.2) is 0 Å². The average Bonchev–Trinajstić information content (AvgIpc) is 2.35. The van der Waals surface area contributed by atoms with Crippen molar-refractivity contribution < 1.29 is 9.59 Å². The van der Waals surface area contributed by atoms with Crippen molar-refractivity contribution in [3.63, 3.8) is 0 Å². The van der Waals surface area contributed by atoms with Gasteiger partial charge in [-0.05, 0) is 12.0 Å². The number of nitrogens with zero attached hydrogens (tertiary/aromatic N) is 1. The number of nitrogens with two attached hydrogens (primary N) is 1. The van der Waals surface area contributed by atoms with Crippen LogP contribution in [0.5, 0.6) is 0 Å². The summed E-state index contributed by atoms with van der Waals surface area (Å²) in [5.74, 6) is -0.894. The standard InChI is InChI=1S/C13H15N3O2/c14-8-4-7-11(13(15)18)16-12(17)9-10-5-2-1-3-6-10/h1-3,5-6,11H,4,7,9H2,(H2,15,18)(H,16,17)/t11-/m1/s1. The predicted octanol–water partition coefficient (Wildman–Crippen LogP) is 0.503. The third kappa shape index (κ3) is 4.66. The van der Waals surface area contributed by atoms with Crippen LogP contribution in [0, 0.1) is 11.3 Å². The van der Waals surface area contributed by atoms with E-state index >= 15 is 0 Å². The second kappa shape index (κ2) is 7.07. The fraction of sp³-hybridized carbons (Fsp3) is 0.308. The summed E-state index contributed by atoms with van der Waals surface area (Å²) < 4.78 is 0. The first-order chi connectivity index (χ1) is 8.63. The zero-order valence-corrected chi connectivity index (χ0v) is 9.93. The molecular formula is C13H15N3O2. The molecule has 0 unspecified atom stereocenters. The van der Waals surface area contributed by atoms with Gasteiger partial charge in [-0.25, -0.2) is 0 Å². The summed E-state index contributed by atoms with van der Waals surface area (Å²) in [7, 11) is 0. The van der Waals surface area contributed by atoms with E-state index in [0.29, 0.717) is 0 Å². The smallest absolute Gasteiger partial charge is 0.240 e. The molecule has 0 radical (unpaired) electrons. The number of carbonyl (C=O) groups excluding carboxylic acids is 2. The van der Waals surface area contributed by atoms with Gasteiger partial charge in [-0.3, -0.25) is 9.59 Å². The van der Waals surface area contributed by atoms with Gasteiger partial charge in [0.1, 0.15) is 6.04 Å². The third-order valence-corrected chi connectivity index (χ3v) is 2.43. The molecule has 0 saturated heterocycles. The molecule has 5 heteroatoms. The minimum atomic E-state index is -0.777. The summed E-state index contributed by atoms with van der Waals surface area (Å²) in [6.45, 7) is 0. The molecule has 0 aliphatic rings. The molecule has 94 valence electrons. The minimum absolute atomic E-state index is 0.180. The Hall–Kier alpha value is -2.35. The third-order valence-electron chi connectivity index (χ3n) is 2.43. The van der Waals surface area contributed by atoms with Gasteiger partial charge in [0.05, 0.1) is 12.5 Å². The summed E-state index contributed by atoms with van der Waals surface area (Å²) in [6.07, 6.45) is 0.614. The van der Waals surface area contributed by atoms with Crippen LogP contribution in [0.15, 0.2) is 30.3 Å². The monoisotopic (exact) mass is 245 g/mol. The van der Waals surface area contributed by atoms with Crippen molar-refractivity contribution in [3.8, 4) is 6.07 Å². The minimum Gasteiger partial charge on any atom is -0.368 e. The SMILES string of the molecule is N#CCC[C@@H](NC(=O)Cc1ccccc1)C(N)=O. The van der Waals surface area contributed by atoms with Crippen molar-refractivity contribution in [2.45, 2.75) is 25.3 Å². The highest BCUT2D eigenvalue weighted by Gasteiger charge is 2.17. The van der Waals surface area contributed by atoms with Crippen molar-refractivity contribution in [2.75, 3.05) is 0 Å². The highest BCUT2D eigenvalue weighted by Crippen LogP contribution is 2.01. The maximum atomic E-state index is 11.7. The van der Waals surface area contributed by atoms with Crippen LogP contribution in [0.3, 0.4) is 0 Å². The molecule has 5 nitrogen and oxygen atoms in total. The van der Waals surface area contributed by atoms with Gasteiger partial charge >= 0.3 is 0 Å². The van der Waals surface area contributed by atoms with E-state index < -0.39 is 11.9 Å². The Morgan fingerprint density at radius 1 is 1.33 bits per heavy atom. The molecular weight excluding hydrogens is 230 g/mol. The maximum absolute atomic E-state index is 11.7. The van der Waals surface area contributed by atoms with Crippen molar-refractivity contribution in [3.05, 3.63) is 35.9 Å². The molecule has 0 aliphatic carbocycles. The average molecular weight is 245 g/mol. The molecule has 1 aromatic carbocycles. The summed E-state index contributed by atoms with van der Waals surface area (Å²) in [4.78, 5) is 22.8. The molecule has 0 saturated carbocycles. The lowest BCUT2D eigenvalue weighted by Crippen LogP contribution is -2.44. The second-order valence-corrected chi connectivity index (χ2v) is 3.88. The van der Waals surface area contributed by atoms with E-state index in [-0.39, 0.29) is 25.2 Å². The molecule has 2 amide bonds. The fourth-order valence-corrected chi connectivity index (χ4v) is 1.52. The van der Waals surface area contributed by atoms with E-state index in [4.69, 9.17) is 11.0 Å². The number of amides is 2. The quantitative estimate of drug-likeness (QED) is 0.764. The lowest BCUT2D eigenvalue weighted by Gasteiger charge is -2.13. The van der Waals surface area contributed by atoms with Gasteiger partial charge < -0.3 is 11.1 Å². The number of hydrogen-bond donors (Lipinski definition) is 2. The van der Waals surface area contributed by atoms with E-state index in [9.17, 15) is 9.59 Å². The Morgan fingerprint density at radius 3 is 2.56 bits per heavy atom. The normalized spacial score (nSPS) is 11.3. The first-order valence-corrected chi connectivity index (χ1v) is 5.63. The van der Waals surface area contributed by atoms with E-state index in [1.165, 1.54) is 0 Å². The van der Waals surface area contributed by atoms with Crippen LogP contribution in [-0.4, -0.2) is 17.9 Å². The van der Waals surface area contributed by atoms with Gasteiger partial charge in [0.25, 0.3) is 0 Å². The Kier molecular flexibility index (Phi) is 5.39. The molecule has 0 bridgehead atoms. The number of carbonyl (C=O) groups is 2. The van der Waals surface area contributed by atoms with Gasteiger partial charge in [-0.15, -0.1) is 0 Å². The van der Waals surface area contributed by atoms with Gasteiger partial charge in [0.2, 0.25) is 11.8 Å². The number of nitrogens with one attached hydrogen (secondary N) is 1. The number of rotatable bonds is 6. The van der Waals surface area contributed by atoms with E-state index in [2.05, 4.69) is 5.32 Å². The summed E-state index contributed by atoms with van der Waals surface area (Å²) in [5.41, 5.74) is 6.02. The number of primary amides is 1. The summed E-state index contributed by atoms with van der Waals surface area (Å²) in [5, 5.41) is 11.0. The van der Waals surface area contributed by atoms with Crippen LogP contribution in [0.25, 0.3) is 0 Å². The molecule has 0 fully saturated rings. The van der Waals surface area contributed by atoms with Crippen LogP contribution in [0.4, 0.5) is 0 Å². The van der Waals surface area contributed by atoms with Gasteiger partial charge in [-0.1, -0.05) is 30.3 Å². The van der Waals surface area contributed by atoms with Crippen LogP contribution >= 0.6 is 0 Å². The van der Waals surface area contributed by atoms with Crippen LogP contribution in [0.1, 0.15) is 18.4 Å². The highest BCUT2D eigenvalue weighted by molar-refractivity contribution is 5.87. The number of hydrogen-bond acceptors (Lipinski definition) is 3. The Balaban J connectivity index is 2.52. The highest BCUT2D eigenvalue weighted by atomic mass is 16.2. The maximum Gasteiger partial charge on any atom is 0.240 e. The molecule has 1 atom stereocenters. The molecule has 3 N–H and O–H groups in total. The lowest BCUT2D eigenvalue weighted by atomic mass is 10.1. The summed E-state index contributed by atoms with van der Waals surface area (Å²) >= 11 is 0. The van der Waals surface area contributed by atoms with E-state index in [0.717, 1.165) is 5.56 Å². The van der Waals surface area contributed by atoms with E-state index in [1.807, 2.05) is 36.4 Å². The van der Waals surface area contributed by atoms with Crippen LogP contribution < -0.4 is 11.1 Å². The Morgan fingerprint density at radius 2 is 2.00 bits per heavy atom. The zero-order chi connectivity index (χ0) is 13.4. The fourth-order valence-electron chi connectivity index (χ4n) is 1.52. The lowest BCUT2D eigenvalue weighted by molar-refractivity contribution is -0.127. The molecule has 0 aromatic heterocycles. The van der Waals surface area contributed by atoms with Crippen molar-refractivity contribution >= 4 is 11.8 Å². The van der Waals surface area contributed by atoms with Crippen molar-refractivity contribution in [2.24, 2.45) is 5.73 Å². The first-order valence-electron chi connectivity index (χ1n) is 5.63. The van der Waals surface area contributed by atoms with Crippen molar-refractivity contribution in [1.29, 1.82) is 5.26 Å². The predicted molar refractivity (Wildman–Crippen MR) is 66.1 cm³/mol. The number of benzene rings is 1. The largest absolute Gasteiger partial charge is 0.368 e. The van der Waals surface area contributed by atoms with E-state index in [1.54, 1.807) is 0 Å². The van der Waals surface area contributed by atoms with Crippen molar-refractivity contribution in [1.82, 2.24) is 5.32 Å². The molecule has 0 aliphatic heterocycles. The zero-order valence-electron chi connectivity index (χ0n) is 9.93. The topological polar surface area (TPSA) is 96.0 Å². The van der Waals surface area contributed by atoms with Crippen LogP contribution in [-0.2, 0) is 16.0 Å². The Bertz CT molecular complexity index is 451. The molecule has 0 heterocycles.